The first kappa shape index (κ1) is 15.5. The highest BCUT2D eigenvalue weighted by Crippen LogP contribution is 2.29. The van der Waals surface area contributed by atoms with Gasteiger partial charge in [0.05, 0.1) is 5.69 Å². The monoisotopic (exact) mass is 314 g/mol. The Hall–Kier alpha value is -2.37. The molecule has 6 heteroatoms. The Morgan fingerprint density at radius 1 is 1.35 bits per heavy atom. The topological polar surface area (TPSA) is 71.1 Å². The zero-order chi connectivity index (χ0) is 16.6. The van der Waals surface area contributed by atoms with Gasteiger partial charge in [-0.2, -0.15) is 0 Å². The molecule has 6 nitrogen and oxygen atoms in total. The number of carbonyl (C=O) groups excluding carboxylic acids is 1. The predicted octanol–water partition coefficient (Wildman–Crippen LogP) is 3.29. The van der Waals surface area contributed by atoms with Crippen molar-refractivity contribution in [1.29, 1.82) is 0 Å². The second-order valence-corrected chi connectivity index (χ2v) is 6.80. The Morgan fingerprint density at radius 3 is 2.87 bits per heavy atom. The number of aromatic nitrogens is 3. The average molecular weight is 314 g/mol. The summed E-state index contributed by atoms with van der Waals surface area (Å²) in [6.45, 7) is 8.83. The summed E-state index contributed by atoms with van der Waals surface area (Å²) in [7, 11) is 0. The number of aryl methyl sites for hydroxylation is 1. The van der Waals surface area contributed by atoms with Gasteiger partial charge in [0, 0.05) is 30.2 Å². The van der Waals surface area contributed by atoms with E-state index in [4.69, 9.17) is 4.74 Å². The molecule has 23 heavy (non-hydrogen) atoms. The van der Waals surface area contributed by atoms with Crippen LogP contribution < -0.4 is 0 Å². The summed E-state index contributed by atoms with van der Waals surface area (Å²) in [5, 5.41) is 1.02. The molecule has 0 saturated carbocycles. The minimum atomic E-state index is -0.483. The second kappa shape index (κ2) is 5.68. The number of aromatic amines is 1. The second-order valence-electron chi connectivity index (χ2n) is 6.80. The normalized spacial score (nSPS) is 15.7. The quantitative estimate of drug-likeness (QED) is 0.876. The van der Waals surface area contributed by atoms with Gasteiger partial charge in [-0.3, -0.25) is 0 Å². The first-order valence-electron chi connectivity index (χ1n) is 7.81. The molecule has 0 aromatic carbocycles. The molecule has 0 aliphatic carbocycles. The van der Waals surface area contributed by atoms with Gasteiger partial charge >= 0.3 is 6.09 Å². The van der Waals surface area contributed by atoms with Crippen LogP contribution in [0.5, 0.6) is 0 Å². The van der Waals surface area contributed by atoms with Crippen LogP contribution in [0.15, 0.2) is 18.6 Å². The maximum Gasteiger partial charge on any atom is 0.410 e. The van der Waals surface area contributed by atoms with Crippen molar-refractivity contribution in [3.05, 3.63) is 29.9 Å². The van der Waals surface area contributed by atoms with Crippen LogP contribution >= 0.6 is 0 Å². The molecule has 1 N–H and O–H groups in total. The maximum absolute atomic E-state index is 12.3. The number of hydrogen-bond acceptors (Lipinski definition) is 4. The third-order valence-electron chi connectivity index (χ3n) is 3.81. The van der Waals surface area contributed by atoms with Crippen LogP contribution in [0.3, 0.4) is 0 Å². The molecule has 0 bridgehead atoms. The molecule has 1 amide bonds. The zero-order valence-corrected chi connectivity index (χ0v) is 14.0. The SMILES string of the molecule is Cc1ncnc2[nH]cc(C3=CCCN(C(=O)OC(C)(C)C)C3)c12. The molecule has 122 valence electrons. The van der Waals surface area contributed by atoms with Gasteiger partial charge in [0.1, 0.15) is 17.6 Å². The standard InChI is InChI=1S/C17H22N4O2/c1-11-14-13(8-18-15(14)20-10-19-11)12-6-5-7-21(9-12)16(22)23-17(2,3)4/h6,8,10H,5,7,9H2,1-4H3,(H,18,19,20). The van der Waals surface area contributed by atoms with E-state index in [1.54, 1.807) is 11.2 Å². The molecule has 0 unspecified atom stereocenters. The molecule has 1 aliphatic rings. The maximum atomic E-state index is 12.3. The average Bonchev–Trinajstić information content (AvgIpc) is 2.91. The molecule has 0 atom stereocenters. The number of H-pyrrole nitrogens is 1. The lowest BCUT2D eigenvalue weighted by atomic mass is 10.0. The number of fused-ring (bicyclic) bond motifs is 1. The number of amides is 1. The molecular formula is C17H22N4O2. The van der Waals surface area contributed by atoms with E-state index in [9.17, 15) is 4.79 Å². The number of ether oxygens (including phenoxy) is 1. The fourth-order valence-electron chi connectivity index (χ4n) is 2.79. The van der Waals surface area contributed by atoms with Gasteiger partial charge in [-0.05, 0) is 39.7 Å². The Bertz CT molecular complexity index is 770. The van der Waals surface area contributed by atoms with Crippen LogP contribution in [0.2, 0.25) is 0 Å². The first-order valence-corrected chi connectivity index (χ1v) is 7.81. The summed E-state index contributed by atoms with van der Waals surface area (Å²) in [6, 6.07) is 0. The van der Waals surface area contributed by atoms with E-state index in [-0.39, 0.29) is 6.09 Å². The lowest BCUT2D eigenvalue weighted by Gasteiger charge is -2.30. The third kappa shape index (κ3) is 3.21. The number of nitrogens with one attached hydrogen (secondary N) is 1. The summed E-state index contributed by atoms with van der Waals surface area (Å²) < 4.78 is 5.48. The van der Waals surface area contributed by atoms with E-state index in [0.29, 0.717) is 13.1 Å². The smallest absolute Gasteiger partial charge is 0.410 e. The highest BCUT2D eigenvalue weighted by atomic mass is 16.6. The number of carbonyl (C=O) groups is 1. The minimum Gasteiger partial charge on any atom is -0.444 e. The number of nitrogens with zero attached hydrogens (tertiary/aromatic N) is 3. The lowest BCUT2D eigenvalue weighted by molar-refractivity contribution is 0.0273. The lowest BCUT2D eigenvalue weighted by Crippen LogP contribution is -2.39. The summed E-state index contributed by atoms with van der Waals surface area (Å²) in [4.78, 5) is 25.8. The van der Waals surface area contributed by atoms with Crippen LogP contribution in [0.25, 0.3) is 16.6 Å². The molecular weight excluding hydrogens is 292 g/mol. The van der Waals surface area contributed by atoms with Crippen LogP contribution in [0, 0.1) is 6.92 Å². The molecule has 0 spiro atoms. The number of hydrogen-bond donors (Lipinski definition) is 1. The summed E-state index contributed by atoms with van der Waals surface area (Å²) >= 11 is 0. The van der Waals surface area contributed by atoms with Crippen LogP contribution in [0.1, 0.15) is 38.4 Å². The molecule has 2 aromatic rings. The Kier molecular flexibility index (Phi) is 3.83. The minimum absolute atomic E-state index is 0.268. The highest BCUT2D eigenvalue weighted by Gasteiger charge is 2.25. The molecule has 3 rings (SSSR count). The van der Waals surface area contributed by atoms with Crippen molar-refractivity contribution in [2.75, 3.05) is 13.1 Å². The third-order valence-corrected chi connectivity index (χ3v) is 3.81. The molecule has 3 heterocycles. The van der Waals surface area contributed by atoms with E-state index < -0.39 is 5.60 Å². The van der Waals surface area contributed by atoms with E-state index in [0.717, 1.165) is 34.3 Å². The predicted molar refractivity (Wildman–Crippen MR) is 89.0 cm³/mol. The summed E-state index contributed by atoms with van der Waals surface area (Å²) in [5.74, 6) is 0. The van der Waals surface area contributed by atoms with Crippen molar-refractivity contribution in [3.63, 3.8) is 0 Å². The molecule has 0 saturated heterocycles. The Labute approximate surface area is 135 Å². The van der Waals surface area contributed by atoms with E-state index in [2.05, 4.69) is 21.0 Å². The van der Waals surface area contributed by atoms with Crippen LogP contribution in [-0.4, -0.2) is 44.6 Å². The van der Waals surface area contributed by atoms with Crippen molar-refractivity contribution >= 4 is 22.7 Å². The van der Waals surface area contributed by atoms with Gasteiger partial charge in [0.15, 0.2) is 0 Å². The Balaban J connectivity index is 1.86. The molecule has 0 radical (unpaired) electrons. The molecule has 2 aromatic heterocycles. The largest absolute Gasteiger partial charge is 0.444 e. The number of rotatable bonds is 1. The first-order chi connectivity index (χ1) is 10.8. The Morgan fingerprint density at radius 2 is 2.13 bits per heavy atom. The van der Waals surface area contributed by atoms with Gasteiger partial charge in [-0.25, -0.2) is 14.8 Å². The van der Waals surface area contributed by atoms with Crippen molar-refractivity contribution in [1.82, 2.24) is 19.9 Å². The highest BCUT2D eigenvalue weighted by molar-refractivity contribution is 5.93. The van der Waals surface area contributed by atoms with Gasteiger partial charge in [0.2, 0.25) is 0 Å². The van der Waals surface area contributed by atoms with Crippen molar-refractivity contribution in [2.45, 2.75) is 39.7 Å². The van der Waals surface area contributed by atoms with E-state index in [1.807, 2.05) is 33.9 Å². The molecule has 0 fully saturated rings. The van der Waals surface area contributed by atoms with Crippen molar-refractivity contribution in [2.24, 2.45) is 0 Å². The zero-order valence-electron chi connectivity index (χ0n) is 14.0. The van der Waals surface area contributed by atoms with E-state index in [1.165, 1.54) is 0 Å². The summed E-state index contributed by atoms with van der Waals surface area (Å²) in [6.07, 6.45) is 6.22. The summed E-state index contributed by atoms with van der Waals surface area (Å²) in [5.41, 5.74) is 3.44. The molecule has 1 aliphatic heterocycles. The van der Waals surface area contributed by atoms with Gasteiger partial charge in [-0.15, -0.1) is 0 Å². The van der Waals surface area contributed by atoms with Gasteiger partial charge < -0.3 is 14.6 Å². The van der Waals surface area contributed by atoms with E-state index >= 15 is 0 Å². The fourth-order valence-corrected chi connectivity index (χ4v) is 2.79. The van der Waals surface area contributed by atoms with Crippen LogP contribution in [-0.2, 0) is 4.74 Å². The van der Waals surface area contributed by atoms with Gasteiger partial charge in [-0.1, -0.05) is 6.08 Å². The van der Waals surface area contributed by atoms with Crippen LogP contribution in [0.4, 0.5) is 4.79 Å². The fraction of sp³-hybridized carbons (Fsp3) is 0.471. The van der Waals surface area contributed by atoms with Crippen molar-refractivity contribution in [3.8, 4) is 0 Å². The van der Waals surface area contributed by atoms with Crippen molar-refractivity contribution < 1.29 is 9.53 Å². The van der Waals surface area contributed by atoms with Gasteiger partial charge in [0.25, 0.3) is 0 Å².